The summed E-state index contributed by atoms with van der Waals surface area (Å²) in [6, 6.07) is 0. The summed E-state index contributed by atoms with van der Waals surface area (Å²) in [7, 11) is 0. The molecule has 5 nitrogen and oxygen atoms in total. The van der Waals surface area contributed by atoms with Crippen molar-refractivity contribution in [2.75, 3.05) is 6.54 Å². The molecule has 0 aliphatic carbocycles. The van der Waals surface area contributed by atoms with Crippen molar-refractivity contribution in [3.8, 4) is 0 Å². The largest absolute Gasteiger partial charge is 0.453 e. The standard InChI is InChI=1S/C9H12F3N5S/c1-5(2)3-13-4-6-16-17-7(9(10,11)12)14-15-8(17)18-6/h5,13H,3-4H2,1-2H3. The van der Waals surface area contributed by atoms with Crippen LogP contribution in [0, 0.1) is 5.92 Å². The van der Waals surface area contributed by atoms with Crippen LogP contribution in [0.3, 0.4) is 0 Å². The number of hydrogen-bond donors (Lipinski definition) is 1. The van der Waals surface area contributed by atoms with E-state index in [9.17, 15) is 13.2 Å². The number of nitrogens with zero attached hydrogens (tertiary/aromatic N) is 4. The van der Waals surface area contributed by atoms with E-state index in [0.717, 1.165) is 22.4 Å². The first-order valence-corrected chi connectivity index (χ1v) is 6.18. The summed E-state index contributed by atoms with van der Waals surface area (Å²) in [5.41, 5.74) is 0. The second kappa shape index (κ2) is 4.81. The second-order valence-electron chi connectivity index (χ2n) is 4.24. The van der Waals surface area contributed by atoms with Crippen LogP contribution in [0.15, 0.2) is 0 Å². The first-order chi connectivity index (χ1) is 8.38. The Morgan fingerprint density at radius 2 is 2.06 bits per heavy atom. The van der Waals surface area contributed by atoms with Gasteiger partial charge in [-0.1, -0.05) is 25.2 Å². The molecule has 1 N–H and O–H groups in total. The zero-order valence-electron chi connectivity index (χ0n) is 9.82. The lowest BCUT2D eigenvalue weighted by atomic mass is 10.2. The lowest BCUT2D eigenvalue weighted by molar-refractivity contribution is -0.146. The summed E-state index contributed by atoms with van der Waals surface area (Å²) in [5.74, 6) is -0.606. The third-order valence-corrected chi connectivity index (χ3v) is 3.01. The van der Waals surface area contributed by atoms with Gasteiger partial charge < -0.3 is 5.32 Å². The van der Waals surface area contributed by atoms with Crippen LogP contribution in [0.1, 0.15) is 24.7 Å². The molecule has 2 rings (SSSR count). The van der Waals surface area contributed by atoms with Crippen molar-refractivity contribution in [1.29, 1.82) is 0 Å². The van der Waals surface area contributed by atoms with Gasteiger partial charge in [0.15, 0.2) is 0 Å². The van der Waals surface area contributed by atoms with E-state index < -0.39 is 12.0 Å². The Balaban J connectivity index is 2.16. The fourth-order valence-corrected chi connectivity index (χ4v) is 2.18. The number of fused-ring (bicyclic) bond motifs is 1. The third kappa shape index (κ3) is 2.78. The van der Waals surface area contributed by atoms with Crippen LogP contribution in [0.5, 0.6) is 0 Å². The predicted octanol–water partition coefficient (Wildman–Crippen LogP) is 1.95. The highest BCUT2D eigenvalue weighted by Gasteiger charge is 2.38. The molecule has 0 radical (unpaired) electrons. The van der Waals surface area contributed by atoms with Gasteiger partial charge in [0.05, 0.1) is 0 Å². The normalized spacial score (nSPS) is 12.8. The molecule has 0 spiro atoms. The van der Waals surface area contributed by atoms with Gasteiger partial charge in [-0.25, -0.2) is 0 Å². The van der Waals surface area contributed by atoms with Crippen LogP contribution >= 0.6 is 11.3 Å². The summed E-state index contributed by atoms with van der Waals surface area (Å²) in [6.07, 6.45) is -4.53. The molecule has 0 bridgehead atoms. The minimum Gasteiger partial charge on any atom is -0.310 e. The van der Waals surface area contributed by atoms with E-state index in [4.69, 9.17) is 0 Å². The second-order valence-corrected chi connectivity index (χ2v) is 5.28. The number of halogens is 3. The van der Waals surface area contributed by atoms with E-state index in [0.29, 0.717) is 17.5 Å². The van der Waals surface area contributed by atoms with Crippen LogP contribution in [-0.4, -0.2) is 26.4 Å². The monoisotopic (exact) mass is 279 g/mol. The molecule has 0 saturated heterocycles. The molecule has 0 saturated carbocycles. The van der Waals surface area contributed by atoms with Crippen molar-refractivity contribution < 1.29 is 13.2 Å². The summed E-state index contributed by atoms with van der Waals surface area (Å²) in [4.78, 5) is 0.156. The van der Waals surface area contributed by atoms with Gasteiger partial charge in [-0.2, -0.15) is 22.8 Å². The molecule has 0 aliphatic rings. The van der Waals surface area contributed by atoms with Crippen molar-refractivity contribution in [1.82, 2.24) is 25.1 Å². The van der Waals surface area contributed by atoms with Crippen molar-refractivity contribution in [2.24, 2.45) is 5.92 Å². The van der Waals surface area contributed by atoms with Gasteiger partial charge in [0.2, 0.25) is 4.96 Å². The fraction of sp³-hybridized carbons (Fsp3) is 0.667. The molecule has 9 heteroatoms. The molecule has 0 unspecified atom stereocenters. The molecule has 0 aromatic carbocycles. The van der Waals surface area contributed by atoms with Gasteiger partial charge in [0.1, 0.15) is 5.01 Å². The van der Waals surface area contributed by atoms with Crippen molar-refractivity contribution in [3.05, 3.63) is 10.8 Å². The average Bonchev–Trinajstić information content (AvgIpc) is 2.73. The maximum atomic E-state index is 12.5. The smallest absolute Gasteiger partial charge is 0.310 e. The van der Waals surface area contributed by atoms with Gasteiger partial charge >= 0.3 is 6.18 Å². The topological polar surface area (TPSA) is 55.1 Å². The minimum atomic E-state index is -4.53. The lowest BCUT2D eigenvalue weighted by Gasteiger charge is -2.04. The first-order valence-electron chi connectivity index (χ1n) is 5.37. The molecule has 2 heterocycles. The summed E-state index contributed by atoms with van der Waals surface area (Å²) < 4.78 is 38.4. The molecule has 2 aromatic rings. The lowest BCUT2D eigenvalue weighted by Crippen LogP contribution is -2.19. The summed E-state index contributed by atoms with van der Waals surface area (Å²) >= 11 is 1.10. The molecule has 2 aromatic heterocycles. The number of rotatable bonds is 4. The van der Waals surface area contributed by atoms with Gasteiger partial charge in [0, 0.05) is 6.54 Å². The van der Waals surface area contributed by atoms with Crippen molar-refractivity contribution >= 4 is 16.3 Å². The molecule has 0 amide bonds. The summed E-state index contributed by atoms with van der Waals surface area (Å²) in [5, 5.41) is 14.1. The number of alkyl halides is 3. The van der Waals surface area contributed by atoms with Crippen LogP contribution in [-0.2, 0) is 12.7 Å². The average molecular weight is 279 g/mol. The first kappa shape index (κ1) is 13.2. The maximum absolute atomic E-state index is 12.5. The minimum absolute atomic E-state index is 0.156. The summed E-state index contributed by atoms with van der Waals surface area (Å²) in [6.45, 7) is 5.32. The SMILES string of the molecule is CC(C)CNCc1nn2c(C(F)(F)F)nnc2s1. The molecule has 100 valence electrons. The van der Waals surface area contributed by atoms with Gasteiger partial charge in [-0.05, 0) is 12.5 Å². The van der Waals surface area contributed by atoms with Crippen molar-refractivity contribution in [3.63, 3.8) is 0 Å². The Kier molecular flexibility index (Phi) is 3.53. The van der Waals surface area contributed by atoms with Crippen molar-refractivity contribution in [2.45, 2.75) is 26.6 Å². The Hall–Kier alpha value is -1.22. The number of aromatic nitrogens is 4. The van der Waals surface area contributed by atoms with E-state index in [1.165, 1.54) is 0 Å². The molecular weight excluding hydrogens is 267 g/mol. The molecule has 0 fully saturated rings. The van der Waals surface area contributed by atoms with Gasteiger partial charge in [-0.15, -0.1) is 10.2 Å². The quantitative estimate of drug-likeness (QED) is 0.929. The third-order valence-electron chi connectivity index (χ3n) is 2.12. The highest BCUT2D eigenvalue weighted by Crippen LogP contribution is 2.28. The maximum Gasteiger partial charge on any atom is 0.453 e. The van der Waals surface area contributed by atoms with E-state index in [-0.39, 0.29) is 4.96 Å². The molecule has 0 atom stereocenters. The van der Waals surface area contributed by atoms with Crippen LogP contribution in [0.4, 0.5) is 13.2 Å². The van der Waals surface area contributed by atoms with E-state index in [1.54, 1.807) is 0 Å². The highest BCUT2D eigenvalue weighted by molar-refractivity contribution is 7.16. The molecule has 0 aliphatic heterocycles. The molecule has 18 heavy (non-hydrogen) atoms. The zero-order valence-corrected chi connectivity index (χ0v) is 10.6. The Labute approximate surface area is 105 Å². The Morgan fingerprint density at radius 1 is 1.33 bits per heavy atom. The fourth-order valence-electron chi connectivity index (χ4n) is 1.37. The Morgan fingerprint density at radius 3 is 2.67 bits per heavy atom. The number of hydrogen-bond acceptors (Lipinski definition) is 5. The highest BCUT2D eigenvalue weighted by atomic mass is 32.1. The molecular formula is C9H12F3N5S. The van der Waals surface area contributed by atoms with Crippen LogP contribution in [0.25, 0.3) is 4.96 Å². The Bertz CT molecular complexity index is 530. The van der Waals surface area contributed by atoms with Crippen LogP contribution < -0.4 is 5.32 Å². The zero-order chi connectivity index (χ0) is 13.3. The van der Waals surface area contributed by atoms with Gasteiger partial charge in [-0.3, -0.25) is 0 Å². The van der Waals surface area contributed by atoms with E-state index in [2.05, 4.69) is 20.6 Å². The number of nitrogens with one attached hydrogen (secondary N) is 1. The van der Waals surface area contributed by atoms with E-state index >= 15 is 0 Å². The van der Waals surface area contributed by atoms with Gasteiger partial charge in [0.25, 0.3) is 5.82 Å². The van der Waals surface area contributed by atoms with E-state index in [1.807, 2.05) is 13.8 Å². The van der Waals surface area contributed by atoms with Crippen LogP contribution in [0.2, 0.25) is 0 Å². The predicted molar refractivity (Wildman–Crippen MR) is 60.2 cm³/mol.